The number of rotatable bonds is 6. The van der Waals surface area contributed by atoms with Crippen molar-refractivity contribution in [3.63, 3.8) is 0 Å². The smallest absolute Gasteiger partial charge is 0.242 e. The van der Waals surface area contributed by atoms with E-state index >= 15 is 0 Å². The summed E-state index contributed by atoms with van der Waals surface area (Å²) in [6.07, 6.45) is 0.0122. The Morgan fingerprint density at radius 1 is 1.00 bits per heavy atom. The highest BCUT2D eigenvalue weighted by Gasteiger charge is 2.39. The first-order valence-electron chi connectivity index (χ1n) is 12.0. The number of aliphatic imine (C=N–C) groups is 1. The maximum absolute atomic E-state index is 13.6. The van der Waals surface area contributed by atoms with E-state index in [0.717, 1.165) is 22.0 Å². The maximum Gasteiger partial charge on any atom is 0.242 e. The zero-order chi connectivity index (χ0) is 26.1. The average Bonchev–Trinajstić information content (AvgIpc) is 3.50. The summed E-state index contributed by atoms with van der Waals surface area (Å²) in [6, 6.07) is 26.4. The summed E-state index contributed by atoms with van der Waals surface area (Å²) in [5.41, 5.74) is 2.26. The number of amides is 2. The van der Waals surface area contributed by atoms with Crippen molar-refractivity contribution in [2.45, 2.75) is 18.2 Å². The predicted molar refractivity (Wildman–Crippen MR) is 150 cm³/mol. The SMILES string of the molecule is O=C(C[C@@H]1SC(=Nc2cccc3ccccc23)N(Cc2ccc3c(c2)OCO3)C1=O)Nc1ccc(Cl)cc1. The van der Waals surface area contributed by atoms with E-state index in [0.29, 0.717) is 33.9 Å². The van der Waals surface area contributed by atoms with Crippen LogP contribution in [0.15, 0.2) is 89.9 Å². The van der Waals surface area contributed by atoms with Gasteiger partial charge in [0.15, 0.2) is 16.7 Å². The van der Waals surface area contributed by atoms with Gasteiger partial charge in [0.05, 0.1) is 12.2 Å². The van der Waals surface area contributed by atoms with Crippen LogP contribution >= 0.6 is 23.4 Å². The molecule has 1 atom stereocenters. The second-order valence-electron chi connectivity index (χ2n) is 8.87. The minimum absolute atomic E-state index is 0.0122. The molecule has 0 spiro atoms. The van der Waals surface area contributed by atoms with Crippen molar-refractivity contribution in [3.8, 4) is 11.5 Å². The summed E-state index contributed by atoms with van der Waals surface area (Å²) >= 11 is 7.25. The number of hydrogen-bond acceptors (Lipinski definition) is 6. The van der Waals surface area contributed by atoms with Gasteiger partial charge in [-0.15, -0.1) is 0 Å². The van der Waals surface area contributed by atoms with Crippen LogP contribution < -0.4 is 14.8 Å². The molecule has 0 radical (unpaired) electrons. The average molecular weight is 544 g/mol. The Balaban J connectivity index is 1.29. The molecule has 0 aliphatic carbocycles. The van der Waals surface area contributed by atoms with E-state index < -0.39 is 5.25 Å². The third-order valence-electron chi connectivity index (χ3n) is 6.28. The Kier molecular flexibility index (Phi) is 6.66. The molecule has 0 unspecified atom stereocenters. The number of carbonyl (C=O) groups is 2. The Morgan fingerprint density at radius 2 is 1.79 bits per heavy atom. The first kappa shape index (κ1) is 24.3. The molecule has 2 aliphatic rings. The van der Waals surface area contributed by atoms with E-state index in [2.05, 4.69) is 5.32 Å². The molecule has 0 bridgehead atoms. The number of fused-ring (bicyclic) bond motifs is 2. The zero-order valence-corrected chi connectivity index (χ0v) is 21.7. The minimum atomic E-state index is -0.606. The van der Waals surface area contributed by atoms with Crippen molar-refractivity contribution in [3.05, 3.63) is 95.5 Å². The van der Waals surface area contributed by atoms with Crippen LogP contribution in [0.1, 0.15) is 12.0 Å². The molecule has 2 aliphatic heterocycles. The fraction of sp³-hybridized carbons (Fsp3) is 0.138. The molecule has 4 aromatic carbocycles. The number of anilines is 1. The minimum Gasteiger partial charge on any atom is -0.454 e. The van der Waals surface area contributed by atoms with Gasteiger partial charge in [0.2, 0.25) is 18.6 Å². The summed E-state index contributed by atoms with van der Waals surface area (Å²) < 4.78 is 10.9. The Morgan fingerprint density at radius 3 is 2.66 bits per heavy atom. The highest BCUT2D eigenvalue weighted by molar-refractivity contribution is 8.15. The fourth-order valence-corrected chi connectivity index (χ4v) is 5.69. The molecule has 0 aromatic heterocycles. The number of nitrogens with one attached hydrogen (secondary N) is 1. The van der Waals surface area contributed by atoms with Crippen LogP contribution in [-0.4, -0.2) is 33.9 Å². The summed E-state index contributed by atoms with van der Waals surface area (Å²) in [4.78, 5) is 33.0. The van der Waals surface area contributed by atoms with E-state index in [1.807, 2.05) is 60.7 Å². The molecule has 0 saturated carbocycles. The number of amidine groups is 1. The first-order chi connectivity index (χ1) is 18.5. The second-order valence-corrected chi connectivity index (χ2v) is 10.5. The number of benzene rings is 4. The van der Waals surface area contributed by atoms with Crippen LogP contribution in [0.4, 0.5) is 11.4 Å². The number of hydrogen-bond donors (Lipinski definition) is 1. The standard InChI is InChI=1S/C29H22ClN3O4S/c30-20-9-11-21(12-10-20)31-27(34)15-26-28(35)33(16-18-8-13-24-25(14-18)37-17-36-24)29(38-26)32-23-7-3-5-19-4-1-2-6-22(19)23/h1-14,26H,15-17H2,(H,31,34)/t26-/m0/s1. The molecule has 9 heteroatoms. The summed E-state index contributed by atoms with van der Waals surface area (Å²) in [6.45, 7) is 0.469. The number of thioether (sulfide) groups is 1. The highest BCUT2D eigenvalue weighted by Crippen LogP contribution is 2.37. The van der Waals surface area contributed by atoms with Crippen LogP contribution in [0, 0.1) is 0 Å². The van der Waals surface area contributed by atoms with Crippen LogP contribution in [0.3, 0.4) is 0 Å². The van der Waals surface area contributed by atoms with Gasteiger partial charge in [-0.25, -0.2) is 4.99 Å². The molecule has 6 rings (SSSR count). The summed E-state index contributed by atoms with van der Waals surface area (Å²) in [7, 11) is 0. The van der Waals surface area contributed by atoms with Crippen molar-refractivity contribution < 1.29 is 19.1 Å². The Bertz CT molecular complexity index is 1570. The van der Waals surface area contributed by atoms with Gasteiger partial charge < -0.3 is 14.8 Å². The van der Waals surface area contributed by atoms with Crippen molar-refractivity contribution >= 4 is 62.5 Å². The van der Waals surface area contributed by atoms with Crippen LogP contribution in [-0.2, 0) is 16.1 Å². The van der Waals surface area contributed by atoms with Gasteiger partial charge in [-0.3, -0.25) is 14.5 Å². The molecular weight excluding hydrogens is 522 g/mol. The molecule has 2 heterocycles. The first-order valence-corrected chi connectivity index (χ1v) is 13.3. The van der Waals surface area contributed by atoms with Crippen molar-refractivity contribution in [1.82, 2.24) is 4.90 Å². The van der Waals surface area contributed by atoms with E-state index in [4.69, 9.17) is 26.1 Å². The zero-order valence-electron chi connectivity index (χ0n) is 20.1. The summed E-state index contributed by atoms with van der Waals surface area (Å²) in [5.74, 6) is 0.899. The third kappa shape index (κ3) is 5.05. The van der Waals surface area contributed by atoms with Crippen LogP contribution in [0.2, 0.25) is 5.02 Å². The lowest BCUT2D eigenvalue weighted by molar-refractivity contribution is -0.128. The lowest BCUT2D eigenvalue weighted by Gasteiger charge is -2.17. The van der Waals surface area contributed by atoms with Crippen molar-refractivity contribution in [1.29, 1.82) is 0 Å². The van der Waals surface area contributed by atoms with E-state index in [9.17, 15) is 9.59 Å². The lowest BCUT2D eigenvalue weighted by atomic mass is 10.1. The van der Waals surface area contributed by atoms with E-state index in [-0.39, 0.29) is 25.0 Å². The van der Waals surface area contributed by atoms with E-state index in [1.54, 1.807) is 29.2 Å². The van der Waals surface area contributed by atoms with Crippen molar-refractivity contribution in [2.24, 2.45) is 4.99 Å². The molecule has 7 nitrogen and oxygen atoms in total. The molecule has 1 fully saturated rings. The van der Waals surface area contributed by atoms with Crippen molar-refractivity contribution in [2.75, 3.05) is 12.1 Å². The van der Waals surface area contributed by atoms with E-state index in [1.165, 1.54) is 11.8 Å². The highest BCUT2D eigenvalue weighted by atomic mass is 35.5. The maximum atomic E-state index is 13.6. The third-order valence-corrected chi connectivity index (χ3v) is 7.71. The van der Waals surface area contributed by atoms with Gasteiger partial charge in [-0.2, -0.15) is 0 Å². The predicted octanol–water partition coefficient (Wildman–Crippen LogP) is 6.38. The monoisotopic (exact) mass is 543 g/mol. The topological polar surface area (TPSA) is 80.2 Å². The molecule has 2 amide bonds. The number of ether oxygens (including phenoxy) is 2. The van der Waals surface area contributed by atoms with Gasteiger partial charge in [0.1, 0.15) is 5.25 Å². The van der Waals surface area contributed by atoms with Gasteiger partial charge in [-0.1, -0.05) is 65.8 Å². The van der Waals surface area contributed by atoms with Gasteiger partial charge in [-0.05, 0) is 53.4 Å². The normalized spacial score (nSPS) is 17.4. The Labute approximate surface area is 228 Å². The summed E-state index contributed by atoms with van der Waals surface area (Å²) in [5, 5.41) is 5.42. The molecule has 4 aromatic rings. The molecular formula is C29H22ClN3O4S. The van der Waals surface area contributed by atoms with Crippen LogP contribution in [0.25, 0.3) is 10.8 Å². The number of carbonyl (C=O) groups excluding carboxylic acids is 2. The molecule has 38 heavy (non-hydrogen) atoms. The quantitative estimate of drug-likeness (QED) is 0.305. The number of nitrogens with zero attached hydrogens (tertiary/aromatic N) is 2. The van der Waals surface area contributed by atoms with Gasteiger partial charge in [0.25, 0.3) is 0 Å². The fourth-order valence-electron chi connectivity index (χ4n) is 4.41. The molecule has 190 valence electrons. The van der Waals surface area contributed by atoms with Crippen LogP contribution in [0.5, 0.6) is 11.5 Å². The Hall–Kier alpha value is -4.01. The largest absolute Gasteiger partial charge is 0.454 e. The number of halogens is 1. The van der Waals surface area contributed by atoms with Gasteiger partial charge in [0, 0.05) is 22.5 Å². The second kappa shape index (κ2) is 10.4. The molecule has 1 N–H and O–H groups in total. The lowest BCUT2D eigenvalue weighted by Crippen LogP contribution is -2.33. The van der Waals surface area contributed by atoms with Gasteiger partial charge >= 0.3 is 0 Å². The molecule has 1 saturated heterocycles.